The molecule has 3 heterocycles. The quantitative estimate of drug-likeness (QED) is 0.532. The number of anilines is 1. The maximum Gasteiger partial charge on any atom is 0.255 e. The summed E-state index contributed by atoms with van der Waals surface area (Å²) in [5.41, 5.74) is 2.96. The molecular weight excluding hydrogens is 476 g/mol. The van der Waals surface area contributed by atoms with Gasteiger partial charge in [0.15, 0.2) is 0 Å². The van der Waals surface area contributed by atoms with E-state index in [2.05, 4.69) is 35.4 Å². The normalized spacial score (nSPS) is 14.9. The van der Waals surface area contributed by atoms with E-state index in [0.717, 1.165) is 17.5 Å². The van der Waals surface area contributed by atoms with Crippen molar-refractivity contribution in [2.75, 3.05) is 37.9 Å². The zero-order valence-electron chi connectivity index (χ0n) is 19.9. The molecule has 3 aromatic rings. The topological polar surface area (TPSA) is 104 Å². The van der Waals surface area contributed by atoms with Gasteiger partial charge in [-0.1, -0.05) is 32.4 Å². The number of aromatic nitrogens is 2. The molecule has 34 heavy (non-hydrogen) atoms. The first kappa shape index (κ1) is 24.5. The number of hydrogen-bond donors (Lipinski definition) is 2. The van der Waals surface area contributed by atoms with Crippen LogP contribution < -0.4 is 19.9 Å². The van der Waals surface area contributed by atoms with Crippen molar-refractivity contribution in [1.82, 2.24) is 14.7 Å². The molecule has 0 unspecified atom stereocenters. The van der Waals surface area contributed by atoms with Gasteiger partial charge in [0.25, 0.3) is 5.56 Å². The summed E-state index contributed by atoms with van der Waals surface area (Å²) in [4.78, 5) is 22.2. The Morgan fingerprint density at radius 2 is 2.00 bits per heavy atom. The number of aromatic amines is 1. The smallest absolute Gasteiger partial charge is 0.255 e. The number of methoxy groups -OCH3 is 1. The molecule has 182 valence electrons. The molecule has 8 nitrogen and oxygen atoms in total. The van der Waals surface area contributed by atoms with Crippen LogP contribution in [-0.2, 0) is 15.4 Å². The maximum absolute atomic E-state index is 12.7. The third-order valence-corrected chi connectivity index (χ3v) is 7.14. The van der Waals surface area contributed by atoms with Crippen molar-refractivity contribution in [2.24, 2.45) is 5.92 Å². The number of pyridine rings is 2. The SMILES string of the molecule is COc1c(C(C)(C)C)cc(-c2ccc[nH]c2=O)c2ncc(N3CC(CNS(C)(=O)=O)C3)c(Cl)c12. The lowest BCUT2D eigenvalue weighted by Crippen LogP contribution is -2.51. The van der Waals surface area contributed by atoms with Gasteiger partial charge in [0.2, 0.25) is 10.0 Å². The van der Waals surface area contributed by atoms with Crippen molar-refractivity contribution in [3.05, 3.63) is 51.5 Å². The second-order valence-corrected chi connectivity index (χ2v) is 12.0. The van der Waals surface area contributed by atoms with E-state index in [1.54, 1.807) is 31.6 Å². The molecule has 1 saturated heterocycles. The molecule has 2 N–H and O–H groups in total. The zero-order valence-corrected chi connectivity index (χ0v) is 21.5. The summed E-state index contributed by atoms with van der Waals surface area (Å²) in [7, 11) is -1.62. The fourth-order valence-electron chi connectivity index (χ4n) is 4.30. The van der Waals surface area contributed by atoms with Crippen LogP contribution in [0, 0.1) is 5.92 Å². The van der Waals surface area contributed by atoms with E-state index in [1.807, 2.05) is 6.07 Å². The predicted molar refractivity (Wildman–Crippen MR) is 137 cm³/mol. The number of benzene rings is 1. The van der Waals surface area contributed by atoms with Crippen molar-refractivity contribution < 1.29 is 13.2 Å². The van der Waals surface area contributed by atoms with Gasteiger partial charge in [0.05, 0.1) is 41.2 Å². The number of nitrogens with one attached hydrogen (secondary N) is 2. The standard InChI is InChI=1S/C24H29ClN4O4S/c1-24(2,3)17-9-16(15-7-6-8-26-23(15)30)21-19(22(17)33-4)20(25)18(11-27-21)29-12-14(13-29)10-28-34(5,31)32/h6-9,11,14,28H,10,12-13H2,1-5H3,(H,26,30). The van der Waals surface area contributed by atoms with E-state index in [0.29, 0.717) is 52.4 Å². The van der Waals surface area contributed by atoms with Gasteiger partial charge in [-0.15, -0.1) is 0 Å². The van der Waals surface area contributed by atoms with Crippen molar-refractivity contribution in [3.8, 4) is 16.9 Å². The molecular formula is C24H29ClN4O4S. The largest absolute Gasteiger partial charge is 0.496 e. The first-order valence-electron chi connectivity index (χ1n) is 11.0. The van der Waals surface area contributed by atoms with Crippen molar-refractivity contribution in [3.63, 3.8) is 0 Å². The highest BCUT2D eigenvalue weighted by Crippen LogP contribution is 2.46. The first-order chi connectivity index (χ1) is 15.9. The van der Waals surface area contributed by atoms with Gasteiger partial charge in [-0.3, -0.25) is 9.78 Å². The molecule has 0 saturated carbocycles. The van der Waals surface area contributed by atoms with Crippen molar-refractivity contribution in [2.45, 2.75) is 26.2 Å². The summed E-state index contributed by atoms with van der Waals surface area (Å²) in [5, 5.41) is 1.15. The minimum absolute atomic E-state index is 0.183. The number of rotatable bonds is 6. The molecule has 0 amide bonds. The van der Waals surface area contributed by atoms with Gasteiger partial charge in [0.1, 0.15) is 5.75 Å². The first-order valence-corrected chi connectivity index (χ1v) is 13.2. The summed E-state index contributed by atoms with van der Waals surface area (Å²) in [6, 6.07) is 5.51. The lowest BCUT2D eigenvalue weighted by molar-refractivity contribution is 0.401. The molecule has 0 aliphatic carbocycles. The molecule has 10 heteroatoms. The van der Waals surface area contributed by atoms with Crippen LogP contribution in [0.3, 0.4) is 0 Å². The van der Waals surface area contributed by atoms with Crippen molar-refractivity contribution in [1.29, 1.82) is 0 Å². The van der Waals surface area contributed by atoms with Crippen LogP contribution in [0.4, 0.5) is 5.69 Å². The molecule has 0 spiro atoms. The minimum Gasteiger partial charge on any atom is -0.496 e. The summed E-state index contributed by atoms with van der Waals surface area (Å²) in [6.07, 6.45) is 4.46. The Bertz CT molecular complexity index is 1410. The molecule has 1 aromatic carbocycles. The molecule has 1 fully saturated rings. The van der Waals surface area contributed by atoms with Crippen LogP contribution >= 0.6 is 11.6 Å². The summed E-state index contributed by atoms with van der Waals surface area (Å²) >= 11 is 6.99. The fourth-order valence-corrected chi connectivity index (χ4v) is 5.18. The molecule has 1 aliphatic heterocycles. The molecule has 4 rings (SSSR count). The Morgan fingerprint density at radius 1 is 1.29 bits per heavy atom. The van der Waals surface area contributed by atoms with Crippen LogP contribution in [0.15, 0.2) is 35.4 Å². The highest BCUT2D eigenvalue weighted by molar-refractivity contribution is 7.88. The Hall–Kier alpha value is -2.62. The number of H-pyrrole nitrogens is 1. The zero-order chi connectivity index (χ0) is 24.8. The Kier molecular flexibility index (Phi) is 6.39. The summed E-state index contributed by atoms with van der Waals surface area (Å²) in [6.45, 7) is 7.93. The third-order valence-electron chi connectivity index (χ3n) is 6.07. The van der Waals surface area contributed by atoms with E-state index in [4.69, 9.17) is 21.3 Å². The summed E-state index contributed by atoms with van der Waals surface area (Å²) in [5.74, 6) is 0.816. The molecule has 0 bridgehead atoms. The lowest BCUT2D eigenvalue weighted by atomic mass is 9.83. The Morgan fingerprint density at radius 3 is 2.59 bits per heavy atom. The number of ether oxygens (including phenoxy) is 1. The second-order valence-electron chi connectivity index (χ2n) is 9.74. The Labute approximate surface area is 204 Å². The van der Waals surface area contributed by atoms with Gasteiger partial charge in [-0.2, -0.15) is 0 Å². The van der Waals surface area contributed by atoms with Crippen LogP contribution in [-0.4, -0.2) is 51.4 Å². The lowest BCUT2D eigenvalue weighted by Gasteiger charge is -2.41. The predicted octanol–water partition coefficient (Wildman–Crippen LogP) is 3.54. The Balaban J connectivity index is 1.85. The van der Waals surface area contributed by atoms with Crippen LogP contribution in [0.1, 0.15) is 26.3 Å². The van der Waals surface area contributed by atoms with Gasteiger partial charge in [-0.05, 0) is 23.6 Å². The molecule has 0 atom stereocenters. The molecule has 2 aromatic heterocycles. The van der Waals surface area contributed by atoms with Crippen LogP contribution in [0.25, 0.3) is 22.0 Å². The van der Waals surface area contributed by atoms with Gasteiger partial charge in [0, 0.05) is 48.4 Å². The maximum atomic E-state index is 12.7. The number of fused-ring (bicyclic) bond motifs is 1. The molecule has 0 radical (unpaired) electrons. The summed E-state index contributed by atoms with van der Waals surface area (Å²) < 4.78 is 31.2. The third kappa shape index (κ3) is 4.64. The number of hydrogen-bond acceptors (Lipinski definition) is 6. The van der Waals surface area contributed by atoms with Gasteiger partial charge >= 0.3 is 0 Å². The number of halogens is 1. The fraction of sp³-hybridized carbons (Fsp3) is 0.417. The monoisotopic (exact) mass is 504 g/mol. The number of sulfonamides is 1. The highest BCUT2D eigenvalue weighted by atomic mass is 35.5. The van der Waals surface area contributed by atoms with Gasteiger partial charge in [-0.25, -0.2) is 13.1 Å². The van der Waals surface area contributed by atoms with E-state index in [-0.39, 0.29) is 16.9 Å². The highest BCUT2D eigenvalue weighted by Gasteiger charge is 2.32. The van der Waals surface area contributed by atoms with E-state index < -0.39 is 10.0 Å². The van der Waals surface area contributed by atoms with Crippen LogP contribution in [0.5, 0.6) is 5.75 Å². The van der Waals surface area contributed by atoms with E-state index in [1.165, 1.54) is 0 Å². The number of nitrogens with zero attached hydrogens (tertiary/aromatic N) is 2. The molecule has 1 aliphatic rings. The van der Waals surface area contributed by atoms with E-state index in [9.17, 15) is 13.2 Å². The van der Waals surface area contributed by atoms with Crippen molar-refractivity contribution >= 4 is 38.2 Å². The average Bonchev–Trinajstić information content (AvgIpc) is 2.71. The minimum atomic E-state index is -3.23. The van der Waals surface area contributed by atoms with Crippen LogP contribution in [0.2, 0.25) is 5.02 Å². The second kappa shape index (κ2) is 8.87. The van der Waals surface area contributed by atoms with Gasteiger partial charge < -0.3 is 14.6 Å². The average molecular weight is 505 g/mol. The van der Waals surface area contributed by atoms with E-state index >= 15 is 0 Å².